The Morgan fingerprint density at radius 1 is 1.12 bits per heavy atom. The van der Waals surface area contributed by atoms with E-state index in [1.54, 1.807) is 30.3 Å². The van der Waals surface area contributed by atoms with Crippen LogP contribution < -0.4 is 9.80 Å². The number of likely N-dealkylation sites (N-methyl/N-ethyl adjacent to an activating group) is 1. The van der Waals surface area contributed by atoms with Crippen LogP contribution >= 0.6 is 0 Å². The number of fused-ring (bicyclic) bond motifs is 3. The fourth-order valence-corrected chi connectivity index (χ4v) is 4.61. The van der Waals surface area contributed by atoms with E-state index >= 15 is 0 Å². The van der Waals surface area contributed by atoms with E-state index in [-0.39, 0.29) is 19.2 Å². The molecule has 2 aromatic heterocycles. The number of carbonyl (C=O) groups is 1. The van der Waals surface area contributed by atoms with Gasteiger partial charge in [-0.1, -0.05) is 19.6 Å². The van der Waals surface area contributed by atoms with Crippen LogP contribution in [0.1, 0.15) is 44.1 Å². The third kappa shape index (κ3) is 3.74. The Morgan fingerprint density at radius 3 is 2.69 bits per heavy atom. The molecule has 0 bridgehead atoms. The van der Waals surface area contributed by atoms with E-state index in [4.69, 9.17) is 4.98 Å². The summed E-state index contributed by atoms with van der Waals surface area (Å²) >= 11 is 0. The maximum Gasteiger partial charge on any atom is 0.252 e. The van der Waals surface area contributed by atoms with E-state index in [1.165, 1.54) is 12.1 Å². The van der Waals surface area contributed by atoms with Crippen molar-refractivity contribution in [3.8, 4) is 0 Å². The molecule has 3 aromatic rings. The van der Waals surface area contributed by atoms with Crippen LogP contribution in [-0.2, 0) is 24.2 Å². The minimum Gasteiger partial charge on any atom is -0.340 e. The molecular weight excluding hydrogens is 407 g/mol. The first-order valence-corrected chi connectivity index (χ1v) is 10.6. The smallest absolute Gasteiger partial charge is 0.252 e. The first-order valence-electron chi connectivity index (χ1n) is 10.6. The lowest BCUT2D eigenvalue weighted by Crippen LogP contribution is -2.58. The summed E-state index contributed by atoms with van der Waals surface area (Å²) in [4.78, 5) is 26.0. The first-order chi connectivity index (χ1) is 14.9. The van der Waals surface area contributed by atoms with Crippen molar-refractivity contribution in [1.82, 2.24) is 19.7 Å². The van der Waals surface area contributed by atoms with E-state index in [0.29, 0.717) is 13.0 Å². The lowest BCUT2D eigenvalue weighted by atomic mass is 9.94. The summed E-state index contributed by atoms with van der Waals surface area (Å²) in [6.45, 7) is 3.46. The molecule has 0 radical (unpaired) electrons. The molecular formula is C24H29FN6O. The highest BCUT2D eigenvalue weighted by Gasteiger charge is 2.50. The van der Waals surface area contributed by atoms with E-state index < -0.39 is 5.54 Å². The third-order valence-corrected chi connectivity index (χ3v) is 6.41. The van der Waals surface area contributed by atoms with Crippen molar-refractivity contribution in [2.24, 2.45) is 0 Å². The molecule has 2 aliphatic rings. The van der Waals surface area contributed by atoms with Crippen LogP contribution in [0.5, 0.6) is 0 Å². The number of aromatic nitrogens is 4. The Labute approximate surface area is 187 Å². The van der Waals surface area contributed by atoms with E-state index in [9.17, 15) is 9.18 Å². The molecule has 0 unspecified atom stereocenters. The van der Waals surface area contributed by atoms with Crippen LogP contribution in [0.25, 0.3) is 0 Å². The monoisotopic (exact) mass is 436 g/mol. The summed E-state index contributed by atoms with van der Waals surface area (Å²) in [5, 5.41) is 4.42. The minimum absolute atomic E-state index is 0. The molecule has 8 heteroatoms. The summed E-state index contributed by atoms with van der Waals surface area (Å²) in [6, 6.07) is 6.46. The summed E-state index contributed by atoms with van der Waals surface area (Å²) < 4.78 is 14.9. The molecule has 0 aliphatic carbocycles. The van der Waals surface area contributed by atoms with Gasteiger partial charge < -0.3 is 9.80 Å². The lowest BCUT2D eigenvalue weighted by molar-refractivity contribution is -0.123. The first kappa shape index (κ1) is 21.9. The Bertz CT molecular complexity index is 1130. The number of anilines is 2. The second kappa shape index (κ2) is 8.33. The molecule has 168 valence electrons. The molecule has 1 atom stereocenters. The molecule has 0 spiro atoms. The van der Waals surface area contributed by atoms with Crippen molar-refractivity contribution in [3.63, 3.8) is 0 Å². The number of aryl methyl sites for hydroxylation is 2. The Morgan fingerprint density at radius 2 is 1.91 bits per heavy atom. The molecule has 1 saturated heterocycles. The van der Waals surface area contributed by atoms with Crippen molar-refractivity contribution in [2.75, 3.05) is 23.4 Å². The van der Waals surface area contributed by atoms with Gasteiger partial charge in [0.05, 0.1) is 18.9 Å². The number of hydrogen-bond donors (Lipinski definition) is 0. The average Bonchev–Trinajstić information content (AvgIpc) is 3.39. The second-order valence-electron chi connectivity index (χ2n) is 8.56. The number of nitrogens with zero attached hydrogens (tertiary/aromatic N) is 6. The molecule has 5 rings (SSSR count). The number of halogens is 1. The number of amides is 1. The van der Waals surface area contributed by atoms with Crippen LogP contribution in [0, 0.1) is 5.82 Å². The minimum atomic E-state index is -0.505. The highest BCUT2D eigenvalue weighted by Crippen LogP contribution is 2.43. The summed E-state index contributed by atoms with van der Waals surface area (Å²) in [5.41, 5.74) is 2.37. The summed E-state index contributed by atoms with van der Waals surface area (Å²) in [5.74, 6) is 1.50. The van der Waals surface area contributed by atoms with Crippen LogP contribution in [0.15, 0.2) is 42.9 Å². The van der Waals surface area contributed by atoms with Gasteiger partial charge in [-0.15, -0.1) is 0 Å². The van der Waals surface area contributed by atoms with Crippen LogP contribution in [-0.4, -0.2) is 44.8 Å². The SMILES string of the molecule is C.CN1C(=O)[C@@]2(C)CCCN2c2nc(CCc3cnn(Cc4ccc(F)cc4)c3)ncc21. The second-order valence-corrected chi connectivity index (χ2v) is 8.56. The molecule has 1 aromatic carbocycles. The van der Waals surface area contributed by atoms with Gasteiger partial charge in [0, 0.05) is 26.2 Å². The molecule has 32 heavy (non-hydrogen) atoms. The fraction of sp³-hybridized carbons (Fsp3) is 0.417. The third-order valence-electron chi connectivity index (χ3n) is 6.41. The molecule has 4 heterocycles. The van der Waals surface area contributed by atoms with Crippen LogP contribution in [0.4, 0.5) is 15.9 Å². The highest BCUT2D eigenvalue weighted by atomic mass is 19.1. The summed E-state index contributed by atoms with van der Waals surface area (Å²) in [7, 11) is 1.81. The Balaban J connectivity index is 0.00000245. The number of rotatable bonds is 5. The maximum atomic E-state index is 13.1. The Kier molecular flexibility index (Phi) is 5.71. The lowest BCUT2D eigenvalue weighted by Gasteiger charge is -2.43. The zero-order valence-corrected chi connectivity index (χ0v) is 17.8. The van der Waals surface area contributed by atoms with Gasteiger partial charge in [0.25, 0.3) is 5.91 Å². The van der Waals surface area contributed by atoms with Crippen molar-refractivity contribution < 1.29 is 9.18 Å². The standard InChI is InChI=1S/C23H25FN6O.CH4/c1-23-10-3-11-30(23)21-19(28(2)22(23)31)13-25-20(27-21)9-6-17-12-26-29(15-17)14-16-4-7-18(24)8-5-16;/h4-5,7-8,12-13,15H,3,6,9-11,14H2,1-2H3;1H4/t23-;/m1./s1. The summed E-state index contributed by atoms with van der Waals surface area (Å²) in [6.07, 6.45) is 8.93. The zero-order valence-electron chi connectivity index (χ0n) is 17.8. The maximum absolute atomic E-state index is 13.1. The predicted molar refractivity (Wildman–Crippen MR) is 122 cm³/mol. The van der Waals surface area contributed by atoms with E-state index in [2.05, 4.69) is 15.0 Å². The molecule has 2 aliphatic heterocycles. The molecule has 7 nitrogen and oxygen atoms in total. The molecule has 1 fully saturated rings. The Hall–Kier alpha value is -3.29. The zero-order chi connectivity index (χ0) is 21.6. The number of carbonyl (C=O) groups excluding carboxylic acids is 1. The van der Waals surface area contributed by atoms with Crippen molar-refractivity contribution in [2.45, 2.75) is 52.1 Å². The van der Waals surface area contributed by atoms with Crippen molar-refractivity contribution in [3.05, 3.63) is 65.6 Å². The van der Waals surface area contributed by atoms with Gasteiger partial charge in [0.15, 0.2) is 5.82 Å². The molecule has 0 N–H and O–H groups in total. The van der Waals surface area contributed by atoms with Gasteiger partial charge in [-0.2, -0.15) is 5.10 Å². The molecule has 1 amide bonds. The quantitative estimate of drug-likeness (QED) is 0.611. The van der Waals surface area contributed by atoms with Gasteiger partial charge in [-0.05, 0) is 49.4 Å². The van der Waals surface area contributed by atoms with Crippen molar-refractivity contribution in [1.29, 1.82) is 0 Å². The fourth-order valence-electron chi connectivity index (χ4n) is 4.61. The van der Waals surface area contributed by atoms with Gasteiger partial charge in [0.1, 0.15) is 22.9 Å². The number of benzene rings is 1. The van der Waals surface area contributed by atoms with Gasteiger partial charge in [-0.25, -0.2) is 14.4 Å². The van der Waals surface area contributed by atoms with Gasteiger partial charge in [0.2, 0.25) is 0 Å². The van der Waals surface area contributed by atoms with Crippen LogP contribution in [0.2, 0.25) is 0 Å². The largest absolute Gasteiger partial charge is 0.340 e. The van der Waals surface area contributed by atoms with Gasteiger partial charge in [-0.3, -0.25) is 9.48 Å². The normalized spacial score (nSPS) is 19.5. The topological polar surface area (TPSA) is 67.2 Å². The van der Waals surface area contributed by atoms with Crippen molar-refractivity contribution >= 4 is 17.4 Å². The van der Waals surface area contributed by atoms with E-state index in [1.807, 2.05) is 24.0 Å². The van der Waals surface area contributed by atoms with E-state index in [0.717, 1.165) is 54.3 Å². The average molecular weight is 437 g/mol. The van der Waals surface area contributed by atoms with Gasteiger partial charge >= 0.3 is 0 Å². The van der Waals surface area contributed by atoms with Crippen LogP contribution in [0.3, 0.4) is 0 Å². The number of hydrogen-bond acceptors (Lipinski definition) is 5. The molecule has 0 saturated carbocycles. The predicted octanol–water partition coefficient (Wildman–Crippen LogP) is 3.62. The highest BCUT2D eigenvalue weighted by molar-refractivity contribution is 6.07.